The van der Waals surface area contributed by atoms with E-state index in [9.17, 15) is 4.79 Å². The third-order valence-electron chi connectivity index (χ3n) is 2.68. The minimum Gasteiger partial charge on any atom is -0.473 e. The third kappa shape index (κ3) is 5.89. The number of rotatable bonds is 7. The second kappa shape index (κ2) is 7.71. The lowest BCUT2D eigenvalue weighted by Gasteiger charge is -2.17. The van der Waals surface area contributed by atoms with E-state index in [1.165, 1.54) is 0 Å². The van der Waals surface area contributed by atoms with Gasteiger partial charge in [-0.1, -0.05) is 13.8 Å². The molecular weight excluding hydrogens is 268 g/mol. The summed E-state index contributed by atoms with van der Waals surface area (Å²) in [6.07, 6.45) is -0.0122. The van der Waals surface area contributed by atoms with Crippen molar-refractivity contribution >= 4 is 17.4 Å². The number of carbonyl (C=O) groups excluding carboxylic acids is 1. The highest BCUT2D eigenvalue weighted by Crippen LogP contribution is 2.22. The van der Waals surface area contributed by atoms with Gasteiger partial charge in [0.15, 0.2) is 0 Å². The summed E-state index contributed by atoms with van der Waals surface area (Å²) < 4.78 is 5.53. The first-order chi connectivity index (χ1) is 9.79. The molecule has 0 bridgehead atoms. The summed E-state index contributed by atoms with van der Waals surface area (Å²) in [5.74, 6) is 1.30. The highest BCUT2D eigenvalue weighted by Gasteiger charge is 2.14. The van der Waals surface area contributed by atoms with Gasteiger partial charge in [0, 0.05) is 6.54 Å². The average molecular weight is 294 g/mol. The van der Waals surface area contributed by atoms with Gasteiger partial charge in [-0.3, -0.25) is 4.79 Å². The first-order valence-electron chi connectivity index (χ1n) is 7.27. The van der Waals surface area contributed by atoms with Gasteiger partial charge in [-0.05, 0) is 38.8 Å². The first-order valence-corrected chi connectivity index (χ1v) is 7.27. The molecule has 1 amide bonds. The van der Waals surface area contributed by atoms with Crippen LogP contribution in [-0.4, -0.2) is 29.6 Å². The smallest absolute Gasteiger partial charge is 0.242 e. The molecule has 1 heterocycles. The summed E-state index contributed by atoms with van der Waals surface area (Å²) in [6, 6.07) is 3.06. The fraction of sp³-hybridized carbons (Fsp3) is 0.600. The van der Waals surface area contributed by atoms with Crippen molar-refractivity contribution in [1.29, 1.82) is 0 Å². The number of amides is 1. The molecule has 0 aromatic carbocycles. The molecule has 1 aromatic rings. The normalized spacial score (nSPS) is 12.3. The number of aromatic nitrogens is 1. The number of carbonyl (C=O) groups is 1. The number of hydrogen-bond donors (Lipinski definition) is 3. The Labute approximate surface area is 126 Å². The zero-order valence-electron chi connectivity index (χ0n) is 13.4. The first kappa shape index (κ1) is 17.1. The van der Waals surface area contributed by atoms with Crippen LogP contribution in [0, 0.1) is 5.92 Å². The van der Waals surface area contributed by atoms with Crippen LogP contribution in [0.1, 0.15) is 34.6 Å². The molecule has 0 fully saturated rings. The number of nitrogens with zero attached hydrogens (tertiary/aromatic N) is 1. The topological polar surface area (TPSA) is 89.3 Å². The summed E-state index contributed by atoms with van der Waals surface area (Å²) in [7, 11) is 0. The number of hydrogen-bond acceptors (Lipinski definition) is 5. The summed E-state index contributed by atoms with van der Waals surface area (Å²) in [6.45, 7) is 10.4. The molecule has 0 saturated heterocycles. The number of nitrogens with one attached hydrogen (secondary N) is 2. The number of nitrogen functional groups attached to an aromatic ring is 1. The Morgan fingerprint density at radius 3 is 2.52 bits per heavy atom. The summed E-state index contributed by atoms with van der Waals surface area (Å²) in [5, 5.41) is 5.92. The van der Waals surface area contributed by atoms with E-state index in [4.69, 9.17) is 10.5 Å². The van der Waals surface area contributed by atoms with Crippen molar-refractivity contribution in [3.05, 3.63) is 12.1 Å². The van der Waals surface area contributed by atoms with Crippen LogP contribution in [0.15, 0.2) is 12.1 Å². The maximum atomic E-state index is 11.9. The van der Waals surface area contributed by atoms with Crippen molar-refractivity contribution in [2.75, 3.05) is 17.6 Å². The fourth-order valence-electron chi connectivity index (χ4n) is 1.59. The minimum absolute atomic E-state index is 0.0122. The van der Waals surface area contributed by atoms with Crippen molar-refractivity contribution in [2.45, 2.75) is 46.8 Å². The highest BCUT2D eigenvalue weighted by molar-refractivity contribution is 5.83. The lowest BCUT2D eigenvalue weighted by atomic mass is 10.2. The standard InChI is InChI=1S/C15H26N4O2/c1-9(2)8-17-14(20)11(5)18-13-7-6-12(16)15(19-13)21-10(3)4/h6-7,9-11H,8,16H2,1-5H3,(H,17,20)(H,18,19). The predicted molar refractivity (Wildman–Crippen MR) is 85.3 cm³/mol. The third-order valence-corrected chi connectivity index (χ3v) is 2.68. The molecule has 1 unspecified atom stereocenters. The Kier molecular flexibility index (Phi) is 6.27. The van der Waals surface area contributed by atoms with Gasteiger partial charge in [-0.25, -0.2) is 0 Å². The van der Waals surface area contributed by atoms with Gasteiger partial charge in [0.2, 0.25) is 11.8 Å². The zero-order chi connectivity index (χ0) is 16.0. The van der Waals surface area contributed by atoms with Crippen LogP contribution in [0.3, 0.4) is 0 Å². The molecule has 0 aliphatic heterocycles. The Morgan fingerprint density at radius 1 is 1.29 bits per heavy atom. The largest absolute Gasteiger partial charge is 0.473 e. The number of anilines is 2. The van der Waals surface area contributed by atoms with Crippen LogP contribution in [-0.2, 0) is 4.79 Å². The molecule has 1 aromatic heterocycles. The van der Waals surface area contributed by atoms with E-state index in [2.05, 4.69) is 29.5 Å². The molecule has 0 radical (unpaired) electrons. The molecular formula is C15H26N4O2. The van der Waals surface area contributed by atoms with Gasteiger partial charge in [-0.2, -0.15) is 4.98 Å². The van der Waals surface area contributed by atoms with Crippen molar-refractivity contribution < 1.29 is 9.53 Å². The maximum Gasteiger partial charge on any atom is 0.242 e. The average Bonchev–Trinajstić information content (AvgIpc) is 2.39. The molecule has 0 saturated carbocycles. The van der Waals surface area contributed by atoms with E-state index in [0.717, 1.165) is 0 Å². The molecule has 1 rings (SSSR count). The lowest BCUT2D eigenvalue weighted by Crippen LogP contribution is -2.39. The Bertz CT molecular complexity index is 475. The Morgan fingerprint density at radius 2 is 1.95 bits per heavy atom. The van der Waals surface area contributed by atoms with Crippen LogP contribution in [0.2, 0.25) is 0 Å². The maximum absolute atomic E-state index is 11.9. The minimum atomic E-state index is -0.383. The van der Waals surface area contributed by atoms with E-state index in [1.807, 2.05) is 13.8 Å². The van der Waals surface area contributed by atoms with E-state index in [-0.39, 0.29) is 18.1 Å². The van der Waals surface area contributed by atoms with E-state index < -0.39 is 0 Å². The summed E-state index contributed by atoms with van der Waals surface area (Å²) in [4.78, 5) is 16.2. The van der Waals surface area contributed by atoms with Crippen molar-refractivity contribution in [2.24, 2.45) is 5.92 Å². The quantitative estimate of drug-likeness (QED) is 0.716. The predicted octanol–water partition coefficient (Wildman–Crippen LogP) is 2.02. The molecule has 118 valence electrons. The van der Waals surface area contributed by atoms with E-state index in [0.29, 0.717) is 29.8 Å². The van der Waals surface area contributed by atoms with Gasteiger partial charge in [-0.15, -0.1) is 0 Å². The number of pyridine rings is 1. The summed E-state index contributed by atoms with van der Waals surface area (Å²) >= 11 is 0. The lowest BCUT2D eigenvalue weighted by molar-refractivity contribution is -0.121. The molecule has 6 heteroatoms. The van der Waals surface area contributed by atoms with Crippen LogP contribution < -0.4 is 21.1 Å². The molecule has 21 heavy (non-hydrogen) atoms. The van der Waals surface area contributed by atoms with Crippen LogP contribution in [0.25, 0.3) is 0 Å². The van der Waals surface area contributed by atoms with Gasteiger partial charge in [0.1, 0.15) is 11.9 Å². The Balaban J connectivity index is 2.67. The highest BCUT2D eigenvalue weighted by atomic mass is 16.5. The molecule has 0 aliphatic carbocycles. The van der Waals surface area contributed by atoms with Gasteiger partial charge in [0.25, 0.3) is 0 Å². The molecule has 0 aliphatic rings. The van der Waals surface area contributed by atoms with Crippen molar-refractivity contribution in [1.82, 2.24) is 10.3 Å². The monoisotopic (exact) mass is 294 g/mol. The fourth-order valence-corrected chi connectivity index (χ4v) is 1.59. The van der Waals surface area contributed by atoms with E-state index >= 15 is 0 Å². The second-order valence-corrected chi connectivity index (χ2v) is 5.76. The zero-order valence-corrected chi connectivity index (χ0v) is 13.4. The SMILES string of the molecule is CC(C)CNC(=O)C(C)Nc1ccc(N)c(OC(C)C)n1. The Hall–Kier alpha value is -1.98. The van der Waals surface area contributed by atoms with Crippen LogP contribution >= 0.6 is 0 Å². The molecule has 4 N–H and O–H groups in total. The van der Waals surface area contributed by atoms with Crippen molar-refractivity contribution in [3.8, 4) is 5.88 Å². The number of nitrogens with two attached hydrogens (primary N) is 1. The van der Waals surface area contributed by atoms with Gasteiger partial charge < -0.3 is 21.1 Å². The van der Waals surface area contributed by atoms with Crippen LogP contribution in [0.4, 0.5) is 11.5 Å². The molecule has 6 nitrogen and oxygen atoms in total. The summed E-state index contributed by atoms with van der Waals surface area (Å²) in [5.41, 5.74) is 6.29. The van der Waals surface area contributed by atoms with Crippen molar-refractivity contribution in [3.63, 3.8) is 0 Å². The van der Waals surface area contributed by atoms with Gasteiger partial charge >= 0.3 is 0 Å². The van der Waals surface area contributed by atoms with Gasteiger partial charge in [0.05, 0.1) is 11.8 Å². The molecule has 0 spiro atoms. The number of ether oxygens (including phenoxy) is 1. The molecule has 1 atom stereocenters. The second-order valence-electron chi connectivity index (χ2n) is 5.76. The van der Waals surface area contributed by atoms with E-state index in [1.54, 1.807) is 19.1 Å². The van der Waals surface area contributed by atoms with Crippen LogP contribution in [0.5, 0.6) is 5.88 Å².